The number of amides is 2. The lowest BCUT2D eigenvalue weighted by atomic mass is 9.73. The molecule has 1 fully saturated rings. The van der Waals surface area contributed by atoms with Gasteiger partial charge in [0.1, 0.15) is 0 Å². The Balaban J connectivity index is 1.70. The summed E-state index contributed by atoms with van der Waals surface area (Å²) in [5.41, 5.74) is 0.631. The minimum absolute atomic E-state index is 0.187. The fourth-order valence-electron chi connectivity index (χ4n) is 3.20. The largest absolute Gasteiger partial charge is 0.481 e. The number of anilines is 1. The quantitative estimate of drug-likeness (QED) is 0.910. The lowest BCUT2D eigenvalue weighted by Crippen LogP contribution is -2.50. The Morgan fingerprint density at radius 2 is 1.46 bits per heavy atom. The molecule has 124 valence electrons. The molecule has 5 heteroatoms. The van der Waals surface area contributed by atoms with Crippen LogP contribution in [-0.4, -0.2) is 35.1 Å². The van der Waals surface area contributed by atoms with E-state index < -0.39 is 11.4 Å². The summed E-state index contributed by atoms with van der Waals surface area (Å²) < 4.78 is 0. The minimum atomic E-state index is -0.912. The molecule has 2 aromatic rings. The van der Waals surface area contributed by atoms with Crippen LogP contribution in [0.15, 0.2) is 60.7 Å². The molecular formula is C19H20N2O3. The maximum absolute atomic E-state index is 12.4. The lowest BCUT2D eigenvalue weighted by Gasteiger charge is -2.39. The van der Waals surface area contributed by atoms with Crippen molar-refractivity contribution in [2.75, 3.05) is 18.4 Å². The number of piperidine rings is 1. The second-order valence-corrected chi connectivity index (χ2v) is 6.04. The van der Waals surface area contributed by atoms with Gasteiger partial charge in [0.05, 0.1) is 5.41 Å². The van der Waals surface area contributed by atoms with E-state index in [1.54, 1.807) is 4.90 Å². The van der Waals surface area contributed by atoms with Crippen molar-refractivity contribution in [3.63, 3.8) is 0 Å². The van der Waals surface area contributed by atoms with Gasteiger partial charge in [-0.2, -0.15) is 0 Å². The zero-order valence-electron chi connectivity index (χ0n) is 13.3. The van der Waals surface area contributed by atoms with Gasteiger partial charge in [-0.1, -0.05) is 48.5 Å². The fraction of sp³-hybridized carbons (Fsp3) is 0.263. The third-order valence-corrected chi connectivity index (χ3v) is 4.67. The fourth-order valence-corrected chi connectivity index (χ4v) is 3.20. The van der Waals surface area contributed by atoms with Crippen molar-refractivity contribution in [1.82, 2.24) is 4.90 Å². The van der Waals surface area contributed by atoms with E-state index in [0.717, 1.165) is 11.3 Å². The molecule has 3 rings (SSSR count). The summed E-state index contributed by atoms with van der Waals surface area (Å²) in [6.45, 7) is 0.833. The van der Waals surface area contributed by atoms with E-state index in [1.165, 1.54) is 0 Å². The molecule has 1 heterocycles. The van der Waals surface area contributed by atoms with E-state index >= 15 is 0 Å². The van der Waals surface area contributed by atoms with Gasteiger partial charge in [-0.25, -0.2) is 4.79 Å². The first-order chi connectivity index (χ1) is 11.6. The van der Waals surface area contributed by atoms with Gasteiger partial charge in [0.15, 0.2) is 0 Å². The van der Waals surface area contributed by atoms with E-state index in [2.05, 4.69) is 5.32 Å². The number of carbonyl (C=O) groups excluding carboxylic acids is 1. The van der Waals surface area contributed by atoms with E-state index in [1.807, 2.05) is 60.7 Å². The Morgan fingerprint density at radius 1 is 0.917 bits per heavy atom. The van der Waals surface area contributed by atoms with Gasteiger partial charge in [0, 0.05) is 18.8 Å². The molecule has 1 aliphatic rings. The van der Waals surface area contributed by atoms with Gasteiger partial charge in [-0.3, -0.25) is 4.79 Å². The molecule has 0 radical (unpaired) electrons. The van der Waals surface area contributed by atoms with Crippen LogP contribution in [-0.2, 0) is 10.2 Å². The number of urea groups is 1. The van der Waals surface area contributed by atoms with E-state index in [-0.39, 0.29) is 6.03 Å². The van der Waals surface area contributed by atoms with Crippen LogP contribution < -0.4 is 5.32 Å². The highest BCUT2D eigenvalue weighted by Crippen LogP contribution is 2.36. The molecule has 1 saturated heterocycles. The number of carboxylic acid groups (broad SMARTS) is 1. The third kappa shape index (κ3) is 3.11. The number of carboxylic acids is 1. The van der Waals surface area contributed by atoms with Crippen LogP contribution in [0.1, 0.15) is 18.4 Å². The smallest absolute Gasteiger partial charge is 0.321 e. The number of hydrogen-bond donors (Lipinski definition) is 2. The van der Waals surface area contributed by atoms with Crippen molar-refractivity contribution in [2.24, 2.45) is 0 Å². The highest BCUT2D eigenvalue weighted by molar-refractivity contribution is 5.90. The van der Waals surface area contributed by atoms with Crippen LogP contribution in [0.4, 0.5) is 10.5 Å². The number of carbonyl (C=O) groups is 2. The van der Waals surface area contributed by atoms with Crippen molar-refractivity contribution < 1.29 is 14.7 Å². The standard InChI is InChI=1S/C19H20N2O3/c22-17(23)19(15-7-3-1-4-8-15)11-13-21(14-12-19)18(24)20-16-9-5-2-6-10-16/h1-10H,11-14H2,(H,20,24)(H,22,23). The van der Waals surface area contributed by atoms with Crippen LogP contribution in [0.5, 0.6) is 0 Å². The Bertz CT molecular complexity index is 708. The maximum Gasteiger partial charge on any atom is 0.321 e. The molecule has 1 aliphatic heterocycles. The molecule has 0 spiro atoms. The van der Waals surface area contributed by atoms with Gasteiger partial charge in [0.25, 0.3) is 0 Å². The molecule has 2 N–H and O–H groups in total. The number of aliphatic carboxylic acids is 1. The molecule has 0 atom stereocenters. The van der Waals surface area contributed by atoms with Crippen molar-refractivity contribution in [2.45, 2.75) is 18.3 Å². The number of likely N-dealkylation sites (tertiary alicyclic amines) is 1. The predicted molar refractivity (Wildman–Crippen MR) is 92.0 cm³/mol. The van der Waals surface area contributed by atoms with Crippen molar-refractivity contribution in [1.29, 1.82) is 0 Å². The average molecular weight is 324 g/mol. The molecular weight excluding hydrogens is 304 g/mol. The number of nitrogens with one attached hydrogen (secondary N) is 1. The van der Waals surface area contributed by atoms with Crippen LogP contribution >= 0.6 is 0 Å². The maximum atomic E-state index is 12.4. The molecule has 2 amide bonds. The monoisotopic (exact) mass is 324 g/mol. The number of para-hydroxylation sites is 1. The molecule has 24 heavy (non-hydrogen) atoms. The van der Waals surface area contributed by atoms with E-state index in [4.69, 9.17) is 0 Å². The molecule has 0 unspecified atom stereocenters. The topological polar surface area (TPSA) is 69.6 Å². The average Bonchev–Trinajstić information content (AvgIpc) is 2.63. The van der Waals surface area contributed by atoms with Gasteiger partial charge in [-0.15, -0.1) is 0 Å². The number of rotatable bonds is 3. The molecule has 2 aromatic carbocycles. The van der Waals surface area contributed by atoms with Gasteiger partial charge < -0.3 is 15.3 Å². The first-order valence-corrected chi connectivity index (χ1v) is 8.02. The third-order valence-electron chi connectivity index (χ3n) is 4.67. The van der Waals surface area contributed by atoms with Crippen LogP contribution in [0.2, 0.25) is 0 Å². The Hall–Kier alpha value is -2.82. The van der Waals surface area contributed by atoms with Gasteiger partial charge >= 0.3 is 12.0 Å². The summed E-state index contributed by atoms with van der Waals surface area (Å²) >= 11 is 0. The SMILES string of the molecule is O=C(Nc1ccccc1)N1CCC(C(=O)O)(c2ccccc2)CC1. The second kappa shape index (κ2) is 6.74. The Kier molecular flexibility index (Phi) is 4.51. The minimum Gasteiger partial charge on any atom is -0.481 e. The van der Waals surface area contributed by atoms with E-state index in [0.29, 0.717) is 25.9 Å². The molecule has 0 saturated carbocycles. The summed E-state index contributed by atoms with van der Waals surface area (Å²) in [6.07, 6.45) is 0.823. The Morgan fingerprint density at radius 3 is 2.00 bits per heavy atom. The van der Waals surface area contributed by atoms with Crippen LogP contribution in [0.3, 0.4) is 0 Å². The molecule has 0 aliphatic carbocycles. The zero-order chi connectivity index (χ0) is 17.0. The first-order valence-electron chi connectivity index (χ1n) is 8.02. The highest BCUT2D eigenvalue weighted by Gasteiger charge is 2.43. The molecule has 5 nitrogen and oxygen atoms in total. The van der Waals surface area contributed by atoms with E-state index in [9.17, 15) is 14.7 Å². The summed E-state index contributed by atoms with van der Waals surface area (Å²) in [6, 6.07) is 18.4. The number of nitrogens with zero attached hydrogens (tertiary/aromatic N) is 1. The highest BCUT2D eigenvalue weighted by atomic mass is 16.4. The summed E-state index contributed by atoms with van der Waals surface area (Å²) in [5, 5.41) is 12.6. The normalized spacial score (nSPS) is 16.4. The van der Waals surface area contributed by atoms with Gasteiger partial charge in [0.2, 0.25) is 0 Å². The van der Waals surface area contributed by atoms with Crippen molar-refractivity contribution >= 4 is 17.7 Å². The molecule has 0 aromatic heterocycles. The summed E-state index contributed by atoms with van der Waals surface area (Å²) in [5.74, 6) is -0.822. The number of benzene rings is 2. The van der Waals surface area contributed by atoms with Crippen molar-refractivity contribution in [3.05, 3.63) is 66.2 Å². The predicted octanol–water partition coefficient (Wildman–Crippen LogP) is 3.34. The summed E-state index contributed by atoms with van der Waals surface area (Å²) in [4.78, 5) is 26.0. The second-order valence-electron chi connectivity index (χ2n) is 6.04. The van der Waals surface area contributed by atoms with Crippen LogP contribution in [0, 0.1) is 0 Å². The van der Waals surface area contributed by atoms with Gasteiger partial charge in [-0.05, 0) is 30.5 Å². The van der Waals surface area contributed by atoms with Crippen molar-refractivity contribution in [3.8, 4) is 0 Å². The molecule has 0 bridgehead atoms. The zero-order valence-corrected chi connectivity index (χ0v) is 13.3. The Labute approximate surface area is 140 Å². The summed E-state index contributed by atoms with van der Waals surface area (Å²) in [7, 11) is 0. The van der Waals surface area contributed by atoms with Crippen LogP contribution in [0.25, 0.3) is 0 Å². The number of hydrogen-bond acceptors (Lipinski definition) is 2. The first kappa shape index (κ1) is 16.1. The lowest BCUT2D eigenvalue weighted by molar-refractivity contribution is -0.145.